The third-order valence-electron chi connectivity index (χ3n) is 1.63. The van der Waals surface area contributed by atoms with Crippen molar-refractivity contribution in [1.29, 1.82) is 0 Å². The number of hydrogen-bond acceptors (Lipinski definition) is 4. The molecule has 5 heteroatoms. The van der Waals surface area contributed by atoms with Crippen LogP contribution in [0.4, 0.5) is 0 Å². The SMILES string of the molecule is COC(=O)c1cc(Br)c(CCC=O)o1. The van der Waals surface area contributed by atoms with Gasteiger partial charge in [0.1, 0.15) is 12.0 Å². The van der Waals surface area contributed by atoms with Gasteiger partial charge in [-0.3, -0.25) is 0 Å². The minimum absolute atomic E-state index is 0.139. The summed E-state index contributed by atoms with van der Waals surface area (Å²) < 4.78 is 10.4. The first kappa shape index (κ1) is 11.0. The van der Waals surface area contributed by atoms with Gasteiger partial charge in [-0.25, -0.2) is 4.79 Å². The van der Waals surface area contributed by atoms with Crippen molar-refractivity contribution in [3.05, 3.63) is 22.1 Å². The van der Waals surface area contributed by atoms with E-state index in [0.29, 0.717) is 23.1 Å². The molecular weight excluding hydrogens is 252 g/mol. The second-order valence-electron chi connectivity index (χ2n) is 2.58. The highest BCUT2D eigenvalue weighted by atomic mass is 79.9. The Morgan fingerprint density at radius 3 is 3.00 bits per heavy atom. The molecular formula is C9H9BrO4. The van der Waals surface area contributed by atoms with Crippen LogP contribution in [0.25, 0.3) is 0 Å². The Balaban J connectivity index is 2.81. The van der Waals surface area contributed by atoms with Gasteiger partial charge in [-0.05, 0) is 15.9 Å². The predicted molar refractivity (Wildman–Crippen MR) is 52.1 cm³/mol. The molecule has 0 unspecified atom stereocenters. The number of methoxy groups -OCH3 is 1. The van der Waals surface area contributed by atoms with Crippen LogP contribution in [-0.4, -0.2) is 19.4 Å². The fourth-order valence-corrected chi connectivity index (χ4v) is 1.46. The summed E-state index contributed by atoms with van der Waals surface area (Å²) in [7, 11) is 1.28. The predicted octanol–water partition coefficient (Wildman–Crippen LogP) is 1.96. The molecule has 0 fully saturated rings. The van der Waals surface area contributed by atoms with E-state index < -0.39 is 5.97 Å². The molecule has 1 aromatic rings. The molecule has 1 rings (SSSR count). The molecule has 1 aromatic heterocycles. The molecule has 14 heavy (non-hydrogen) atoms. The zero-order valence-electron chi connectivity index (χ0n) is 7.58. The largest absolute Gasteiger partial charge is 0.463 e. The Kier molecular flexibility index (Phi) is 3.88. The van der Waals surface area contributed by atoms with Gasteiger partial charge in [0.05, 0.1) is 11.6 Å². The summed E-state index contributed by atoms with van der Waals surface area (Å²) in [4.78, 5) is 21.2. The van der Waals surface area contributed by atoms with E-state index in [9.17, 15) is 9.59 Å². The highest BCUT2D eigenvalue weighted by molar-refractivity contribution is 9.10. The maximum atomic E-state index is 11.0. The van der Waals surface area contributed by atoms with Crippen LogP contribution in [0.15, 0.2) is 15.0 Å². The normalized spacial score (nSPS) is 9.86. The molecule has 0 aliphatic rings. The second-order valence-corrected chi connectivity index (χ2v) is 3.43. The minimum atomic E-state index is -0.525. The van der Waals surface area contributed by atoms with E-state index in [1.165, 1.54) is 13.2 Å². The molecule has 0 saturated heterocycles. The molecule has 0 atom stereocenters. The van der Waals surface area contributed by atoms with Crippen LogP contribution in [0.2, 0.25) is 0 Å². The van der Waals surface area contributed by atoms with E-state index in [4.69, 9.17) is 4.42 Å². The van der Waals surface area contributed by atoms with Crippen molar-refractivity contribution in [3.8, 4) is 0 Å². The van der Waals surface area contributed by atoms with Crippen LogP contribution in [0.5, 0.6) is 0 Å². The Morgan fingerprint density at radius 1 is 1.71 bits per heavy atom. The number of rotatable bonds is 4. The van der Waals surface area contributed by atoms with Gasteiger partial charge in [0.2, 0.25) is 5.76 Å². The van der Waals surface area contributed by atoms with E-state index >= 15 is 0 Å². The fourth-order valence-electron chi connectivity index (χ4n) is 0.968. The standard InChI is InChI=1S/C9H9BrO4/c1-13-9(12)8-5-6(10)7(14-8)3-2-4-11/h4-5H,2-3H2,1H3. The van der Waals surface area contributed by atoms with Crippen molar-refractivity contribution < 1.29 is 18.7 Å². The summed E-state index contributed by atoms with van der Waals surface area (Å²) in [6, 6.07) is 1.53. The smallest absolute Gasteiger partial charge is 0.373 e. The lowest BCUT2D eigenvalue weighted by molar-refractivity contribution is -0.107. The van der Waals surface area contributed by atoms with Crippen molar-refractivity contribution in [3.63, 3.8) is 0 Å². The van der Waals surface area contributed by atoms with Crippen LogP contribution in [0, 0.1) is 0 Å². The third-order valence-corrected chi connectivity index (χ3v) is 2.30. The second kappa shape index (κ2) is 4.95. The number of hydrogen-bond donors (Lipinski definition) is 0. The van der Waals surface area contributed by atoms with Crippen LogP contribution < -0.4 is 0 Å². The van der Waals surface area contributed by atoms with Gasteiger partial charge >= 0.3 is 5.97 Å². The number of carbonyl (C=O) groups is 2. The molecule has 0 aromatic carbocycles. The van der Waals surface area contributed by atoms with Crippen molar-refractivity contribution >= 4 is 28.2 Å². The van der Waals surface area contributed by atoms with E-state index in [0.717, 1.165) is 6.29 Å². The number of esters is 1. The first-order chi connectivity index (χ1) is 6.69. The molecule has 0 N–H and O–H groups in total. The lowest BCUT2D eigenvalue weighted by atomic mass is 10.3. The van der Waals surface area contributed by atoms with Gasteiger partial charge in [-0.1, -0.05) is 0 Å². The van der Waals surface area contributed by atoms with Gasteiger partial charge in [0.25, 0.3) is 0 Å². The van der Waals surface area contributed by atoms with Crippen molar-refractivity contribution in [1.82, 2.24) is 0 Å². The maximum Gasteiger partial charge on any atom is 0.373 e. The number of furan rings is 1. The van der Waals surface area contributed by atoms with Gasteiger partial charge in [-0.2, -0.15) is 0 Å². The summed E-state index contributed by atoms with van der Waals surface area (Å²) in [5.74, 6) is 0.195. The van der Waals surface area contributed by atoms with Crippen LogP contribution >= 0.6 is 15.9 Å². The molecule has 76 valence electrons. The molecule has 4 nitrogen and oxygen atoms in total. The van der Waals surface area contributed by atoms with E-state index in [2.05, 4.69) is 20.7 Å². The first-order valence-corrected chi connectivity index (χ1v) is 4.78. The average molecular weight is 261 g/mol. The molecule has 0 saturated carbocycles. The monoisotopic (exact) mass is 260 g/mol. The minimum Gasteiger partial charge on any atom is -0.463 e. The van der Waals surface area contributed by atoms with Crippen LogP contribution in [0.1, 0.15) is 22.7 Å². The Labute approximate surface area is 89.4 Å². The molecule has 0 radical (unpaired) electrons. The van der Waals surface area contributed by atoms with Gasteiger partial charge < -0.3 is 13.9 Å². The number of halogens is 1. The maximum absolute atomic E-state index is 11.0. The van der Waals surface area contributed by atoms with Crippen LogP contribution in [-0.2, 0) is 16.0 Å². The summed E-state index contributed by atoms with van der Waals surface area (Å²) in [6.07, 6.45) is 1.64. The summed E-state index contributed by atoms with van der Waals surface area (Å²) in [5, 5.41) is 0. The first-order valence-electron chi connectivity index (χ1n) is 3.99. The Hall–Kier alpha value is -1.10. The number of aldehydes is 1. The highest BCUT2D eigenvalue weighted by Gasteiger charge is 2.14. The topological polar surface area (TPSA) is 56.5 Å². The zero-order chi connectivity index (χ0) is 10.6. The molecule has 0 bridgehead atoms. The van der Waals surface area contributed by atoms with E-state index in [1.54, 1.807) is 0 Å². The quantitative estimate of drug-likeness (QED) is 0.614. The molecule has 0 spiro atoms. The van der Waals surface area contributed by atoms with Gasteiger partial charge in [0, 0.05) is 18.9 Å². The van der Waals surface area contributed by atoms with Gasteiger partial charge in [-0.15, -0.1) is 0 Å². The van der Waals surface area contributed by atoms with Crippen LogP contribution in [0.3, 0.4) is 0 Å². The zero-order valence-corrected chi connectivity index (χ0v) is 9.17. The summed E-state index contributed by atoms with van der Waals surface area (Å²) in [5.41, 5.74) is 0. The number of carbonyl (C=O) groups excluding carboxylic acids is 2. The van der Waals surface area contributed by atoms with E-state index in [1.807, 2.05) is 0 Å². The molecule has 0 aliphatic carbocycles. The fraction of sp³-hybridized carbons (Fsp3) is 0.333. The molecule has 1 heterocycles. The van der Waals surface area contributed by atoms with Crippen molar-refractivity contribution in [2.75, 3.05) is 7.11 Å². The Morgan fingerprint density at radius 2 is 2.43 bits per heavy atom. The Bertz CT molecular complexity index is 343. The van der Waals surface area contributed by atoms with Gasteiger partial charge in [0.15, 0.2) is 0 Å². The average Bonchev–Trinajstić information content (AvgIpc) is 2.56. The summed E-state index contributed by atoms with van der Waals surface area (Å²) in [6.45, 7) is 0. The number of aryl methyl sites for hydroxylation is 1. The lowest BCUT2D eigenvalue weighted by Crippen LogP contribution is -1.98. The highest BCUT2D eigenvalue weighted by Crippen LogP contribution is 2.23. The number of ether oxygens (including phenoxy) is 1. The molecule has 0 aliphatic heterocycles. The lowest BCUT2D eigenvalue weighted by Gasteiger charge is -1.93. The molecule has 0 amide bonds. The van der Waals surface area contributed by atoms with E-state index in [-0.39, 0.29) is 5.76 Å². The summed E-state index contributed by atoms with van der Waals surface area (Å²) >= 11 is 3.23. The van der Waals surface area contributed by atoms with Crippen molar-refractivity contribution in [2.45, 2.75) is 12.8 Å². The van der Waals surface area contributed by atoms with Crippen molar-refractivity contribution in [2.24, 2.45) is 0 Å². The third kappa shape index (κ3) is 2.45.